The maximum Gasteiger partial charge on any atom is 0.123 e. The van der Waals surface area contributed by atoms with Crippen LogP contribution in [0.3, 0.4) is 0 Å². The normalized spacial score (nSPS) is 12.2. The van der Waals surface area contributed by atoms with Crippen molar-refractivity contribution in [3.63, 3.8) is 0 Å². The average Bonchev–Trinajstić information content (AvgIpc) is 2.52. The van der Waals surface area contributed by atoms with Crippen LogP contribution in [0, 0.1) is 5.82 Å². The lowest BCUT2D eigenvalue weighted by Gasteiger charge is -2.18. The first-order valence-electron chi connectivity index (χ1n) is 7.33. The van der Waals surface area contributed by atoms with Crippen LogP contribution in [0.4, 0.5) is 4.39 Å². The van der Waals surface area contributed by atoms with E-state index >= 15 is 0 Å². The summed E-state index contributed by atoms with van der Waals surface area (Å²) in [5, 5.41) is 3.45. The minimum absolute atomic E-state index is 0.173. The lowest BCUT2D eigenvalue weighted by atomic mass is 9.95. The molecule has 2 aromatic carbocycles. The molecule has 0 radical (unpaired) electrons. The fraction of sp³-hybridized carbons (Fsp3) is 0.333. The van der Waals surface area contributed by atoms with E-state index in [1.807, 2.05) is 30.3 Å². The highest BCUT2D eigenvalue weighted by Crippen LogP contribution is 2.31. The van der Waals surface area contributed by atoms with E-state index in [0.717, 1.165) is 35.4 Å². The third-order valence-corrected chi connectivity index (χ3v) is 3.56. The average molecular weight is 287 g/mol. The first-order valence-corrected chi connectivity index (χ1v) is 7.33. The van der Waals surface area contributed by atoms with Crippen molar-refractivity contribution in [3.05, 3.63) is 53.8 Å². The number of rotatable bonds is 6. The Balaban J connectivity index is 2.43. The van der Waals surface area contributed by atoms with E-state index in [1.54, 1.807) is 13.2 Å². The molecule has 1 N–H and O–H groups in total. The fourth-order valence-corrected chi connectivity index (χ4v) is 2.42. The number of hydrogen-bond acceptors (Lipinski definition) is 2. The summed E-state index contributed by atoms with van der Waals surface area (Å²) in [6.07, 6.45) is 1.07. The molecular weight excluding hydrogens is 265 g/mol. The molecule has 2 nitrogen and oxygen atoms in total. The molecule has 1 atom stereocenters. The van der Waals surface area contributed by atoms with Crippen molar-refractivity contribution in [1.29, 1.82) is 0 Å². The quantitative estimate of drug-likeness (QED) is 0.840. The largest absolute Gasteiger partial charge is 0.497 e. The van der Waals surface area contributed by atoms with Gasteiger partial charge >= 0.3 is 0 Å². The summed E-state index contributed by atoms with van der Waals surface area (Å²) < 4.78 is 18.9. The Morgan fingerprint density at radius 1 is 1.19 bits per heavy atom. The molecule has 0 amide bonds. The van der Waals surface area contributed by atoms with Crippen LogP contribution in [-0.4, -0.2) is 13.7 Å². The van der Waals surface area contributed by atoms with Crippen molar-refractivity contribution in [2.24, 2.45) is 0 Å². The van der Waals surface area contributed by atoms with Gasteiger partial charge in [-0.3, -0.25) is 0 Å². The molecule has 0 bridgehead atoms. The molecule has 1 unspecified atom stereocenters. The van der Waals surface area contributed by atoms with Crippen molar-refractivity contribution in [3.8, 4) is 16.9 Å². The van der Waals surface area contributed by atoms with Crippen molar-refractivity contribution >= 4 is 0 Å². The third-order valence-electron chi connectivity index (χ3n) is 3.56. The molecule has 0 heterocycles. The van der Waals surface area contributed by atoms with E-state index in [4.69, 9.17) is 4.74 Å². The Kier molecular flexibility index (Phi) is 5.34. The predicted molar refractivity (Wildman–Crippen MR) is 85.1 cm³/mol. The summed E-state index contributed by atoms with van der Waals surface area (Å²) in [5.74, 6) is 0.552. The summed E-state index contributed by atoms with van der Waals surface area (Å²) in [6, 6.07) is 12.9. The van der Waals surface area contributed by atoms with Crippen LogP contribution >= 0.6 is 0 Å². The zero-order valence-electron chi connectivity index (χ0n) is 12.8. The maximum atomic E-state index is 13.7. The number of halogens is 1. The third kappa shape index (κ3) is 3.82. The maximum absolute atomic E-state index is 13.7. The van der Waals surface area contributed by atoms with Gasteiger partial charge in [-0.15, -0.1) is 0 Å². The van der Waals surface area contributed by atoms with Crippen molar-refractivity contribution in [2.45, 2.75) is 26.3 Å². The van der Waals surface area contributed by atoms with Crippen LogP contribution in [-0.2, 0) is 0 Å². The van der Waals surface area contributed by atoms with Gasteiger partial charge in [-0.1, -0.05) is 25.1 Å². The fourth-order valence-electron chi connectivity index (χ4n) is 2.42. The van der Waals surface area contributed by atoms with Gasteiger partial charge in [-0.05, 0) is 60.8 Å². The molecule has 112 valence electrons. The van der Waals surface area contributed by atoms with Crippen LogP contribution in [0.15, 0.2) is 42.5 Å². The molecule has 2 aromatic rings. The lowest BCUT2D eigenvalue weighted by Crippen LogP contribution is -2.20. The summed E-state index contributed by atoms with van der Waals surface area (Å²) in [6.45, 7) is 5.18. The van der Waals surface area contributed by atoms with Crippen LogP contribution in [0.25, 0.3) is 11.1 Å². The van der Waals surface area contributed by atoms with Gasteiger partial charge in [0.1, 0.15) is 11.6 Å². The molecule has 0 saturated heterocycles. The topological polar surface area (TPSA) is 21.3 Å². The number of benzene rings is 2. The van der Waals surface area contributed by atoms with Crippen molar-refractivity contribution in [2.75, 3.05) is 13.7 Å². The van der Waals surface area contributed by atoms with E-state index in [2.05, 4.69) is 19.2 Å². The van der Waals surface area contributed by atoms with Crippen LogP contribution < -0.4 is 10.1 Å². The van der Waals surface area contributed by atoms with Gasteiger partial charge in [0.15, 0.2) is 0 Å². The van der Waals surface area contributed by atoms with Crippen LogP contribution in [0.2, 0.25) is 0 Å². The zero-order valence-corrected chi connectivity index (χ0v) is 12.8. The summed E-state index contributed by atoms with van der Waals surface area (Å²) >= 11 is 0. The second-order valence-electron chi connectivity index (χ2n) is 5.14. The van der Waals surface area contributed by atoms with Gasteiger partial charge in [-0.2, -0.15) is 0 Å². The smallest absolute Gasteiger partial charge is 0.123 e. The van der Waals surface area contributed by atoms with Crippen LogP contribution in [0.1, 0.15) is 31.9 Å². The van der Waals surface area contributed by atoms with Gasteiger partial charge in [0.25, 0.3) is 0 Å². The predicted octanol–water partition coefficient (Wildman–Crippen LogP) is 4.56. The van der Waals surface area contributed by atoms with Crippen molar-refractivity contribution < 1.29 is 9.13 Å². The van der Waals surface area contributed by atoms with Crippen LogP contribution in [0.5, 0.6) is 5.75 Å². The molecular formula is C18H22FNO. The summed E-state index contributed by atoms with van der Waals surface area (Å²) in [4.78, 5) is 0. The Bertz CT molecular complexity index is 598. The standard InChI is InChI=1S/C18H22FNO/c1-4-10-20-13(2)17-9-8-15(19)12-18(17)14-6-5-7-16(11-14)21-3/h5-9,11-13,20H,4,10H2,1-3H3. The molecule has 0 saturated carbocycles. The molecule has 2 rings (SSSR count). The molecule has 0 spiro atoms. The number of hydrogen-bond donors (Lipinski definition) is 1. The monoisotopic (exact) mass is 287 g/mol. The van der Waals surface area contributed by atoms with Gasteiger partial charge in [0, 0.05) is 6.04 Å². The van der Waals surface area contributed by atoms with E-state index in [1.165, 1.54) is 6.07 Å². The molecule has 0 aliphatic carbocycles. The van der Waals surface area contributed by atoms with Gasteiger partial charge < -0.3 is 10.1 Å². The number of nitrogens with one attached hydrogen (secondary N) is 1. The first kappa shape index (κ1) is 15.5. The van der Waals surface area contributed by atoms with Gasteiger partial charge in [-0.25, -0.2) is 4.39 Å². The highest BCUT2D eigenvalue weighted by molar-refractivity contribution is 5.69. The van der Waals surface area contributed by atoms with Crippen molar-refractivity contribution in [1.82, 2.24) is 5.32 Å². The second-order valence-corrected chi connectivity index (χ2v) is 5.14. The molecule has 21 heavy (non-hydrogen) atoms. The highest BCUT2D eigenvalue weighted by Gasteiger charge is 2.13. The Morgan fingerprint density at radius 3 is 2.71 bits per heavy atom. The highest BCUT2D eigenvalue weighted by atomic mass is 19.1. The molecule has 0 fully saturated rings. The van der Waals surface area contributed by atoms with E-state index in [9.17, 15) is 4.39 Å². The second kappa shape index (κ2) is 7.23. The zero-order chi connectivity index (χ0) is 15.2. The molecule has 0 aliphatic rings. The summed E-state index contributed by atoms with van der Waals surface area (Å²) in [7, 11) is 1.64. The minimum atomic E-state index is -0.223. The summed E-state index contributed by atoms with van der Waals surface area (Å²) in [5.41, 5.74) is 2.97. The Hall–Kier alpha value is -1.87. The lowest BCUT2D eigenvalue weighted by molar-refractivity contribution is 0.415. The van der Waals surface area contributed by atoms with E-state index < -0.39 is 0 Å². The first-order chi connectivity index (χ1) is 10.2. The van der Waals surface area contributed by atoms with E-state index in [0.29, 0.717) is 0 Å². The number of methoxy groups -OCH3 is 1. The number of ether oxygens (including phenoxy) is 1. The Labute approximate surface area is 126 Å². The minimum Gasteiger partial charge on any atom is -0.497 e. The van der Waals surface area contributed by atoms with Gasteiger partial charge in [0.2, 0.25) is 0 Å². The molecule has 0 aromatic heterocycles. The molecule has 0 aliphatic heterocycles. The Morgan fingerprint density at radius 2 is 2.00 bits per heavy atom. The van der Waals surface area contributed by atoms with Gasteiger partial charge in [0.05, 0.1) is 7.11 Å². The SMILES string of the molecule is CCCNC(C)c1ccc(F)cc1-c1cccc(OC)c1. The molecule has 3 heteroatoms. The van der Waals surface area contributed by atoms with E-state index in [-0.39, 0.29) is 11.9 Å².